The molecule has 0 fully saturated rings. The molecule has 0 bridgehead atoms. The molecule has 1 unspecified atom stereocenters. The Hall–Kier alpha value is -2.60. The summed E-state index contributed by atoms with van der Waals surface area (Å²) in [6, 6.07) is 11.6. The molecule has 3 rings (SSSR count). The number of para-hydroxylation sites is 1. The zero-order valence-corrected chi connectivity index (χ0v) is 16.0. The summed E-state index contributed by atoms with van der Waals surface area (Å²) in [4.78, 5) is 13.2. The summed E-state index contributed by atoms with van der Waals surface area (Å²) in [5.74, 6) is 0.791. The van der Waals surface area contributed by atoms with Gasteiger partial charge >= 0.3 is 0 Å². The lowest BCUT2D eigenvalue weighted by Gasteiger charge is -2.14. The van der Waals surface area contributed by atoms with Gasteiger partial charge < -0.3 is 10.1 Å². The van der Waals surface area contributed by atoms with Crippen molar-refractivity contribution in [2.75, 3.05) is 0 Å². The average Bonchev–Trinajstić information content (AvgIpc) is 3.30. The number of hydrogen-bond donors (Lipinski definition) is 1. The number of carbonyl (C=O) groups is 1. The van der Waals surface area contributed by atoms with E-state index in [1.165, 1.54) is 11.3 Å². The maximum Gasteiger partial charge on any atom is 0.261 e. The molecular weight excluding hydrogens is 346 g/mol. The van der Waals surface area contributed by atoms with E-state index in [9.17, 15) is 4.79 Å². The molecule has 2 aromatic heterocycles. The summed E-state index contributed by atoms with van der Waals surface area (Å²) in [6.07, 6.45) is 1.76. The number of thiophene rings is 1. The molecule has 0 aliphatic rings. The van der Waals surface area contributed by atoms with Crippen LogP contribution in [0.2, 0.25) is 0 Å². The minimum atomic E-state index is -0.0984. The van der Waals surface area contributed by atoms with E-state index in [2.05, 4.69) is 10.4 Å². The first-order valence-electron chi connectivity index (χ1n) is 8.67. The van der Waals surface area contributed by atoms with Crippen LogP contribution in [-0.2, 0) is 13.2 Å². The summed E-state index contributed by atoms with van der Waals surface area (Å²) in [6.45, 7) is 7.25. The van der Waals surface area contributed by atoms with Gasteiger partial charge in [-0.25, -0.2) is 0 Å². The molecule has 5 nitrogen and oxygen atoms in total. The Bertz CT molecular complexity index is 885. The number of nitrogens with zero attached hydrogens (tertiary/aromatic N) is 2. The van der Waals surface area contributed by atoms with Gasteiger partial charge in [-0.05, 0) is 49.9 Å². The molecule has 1 atom stereocenters. The van der Waals surface area contributed by atoms with E-state index in [1.807, 2.05) is 67.2 Å². The van der Waals surface area contributed by atoms with Crippen molar-refractivity contribution in [3.8, 4) is 5.75 Å². The molecule has 1 N–H and O–H groups in total. The van der Waals surface area contributed by atoms with E-state index >= 15 is 0 Å². The maximum atomic E-state index is 12.5. The number of benzene rings is 1. The van der Waals surface area contributed by atoms with Crippen molar-refractivity contribution in [3.63, 3.8) is 0 Å². The third-order valence-corrected chi connectivity index (χ3v) is 5.18. The molecule has 0 saturated carbocycles. The van der Waals surface area contributed by atoms with Crippen LogP contribution in [-0.4, -0.2) is 15.7 Å². The fourth-order valence-electron chi connectivity index (χ4n) is 2.77. The van der Waals surface area contributed by atoms with Crippen molar-refractivity contribution in [1.82, 2.24) is 15.1 Å². The molecule has 6 heteroatoms. The van der Waals surface area contributed by atoms with E-state index in [-0.39, 0.29) is 11.9 Å². The molecule has 26 heavy (non-hydrogen) atoms. The van der Waals surface area contributed by atoms with Crippen LogP contribution in [0.4, 0.5) is 0 Å². The van der Waals surface area contributed by atoms with Gasteiger partial charge in [0.25, 0.3) is 5.91 Å². The van der Waals surface area contributed by atoms with Gasteiger partial charge in [-0.3, -0.25) is 9.48 Å². The third-order valence-electron chi connectivity index (χ3n) is 4.21. The summed E-state index contributed by atoms with van der Waals surface area (Å²) in [5, 5.41) is 9.26. The standard InChI is InChI=1S/C20H23N3O2S/c1-4-23-17(9-10-21-23)15(3)22-20(24)19-11-16(13-26-19)12-25-18-8-6-5-7-14(18)2/h5-11,13,15H,4,12H2,1-3H3,(H,22,24). The predicted molar refractivity (Wildman–Crippen MR) is 104 cm³/mol. The molecule has 0 aliphatic carbocycles. The molecule has 3 aromatic rings. The Labute approximate surface area is 157 Å². The van der Waals surface area contributed by atoms with Crippen LogP contribution in [0.25, 0.3) is 0 Å². The Morgan fingerprint density at radius 3 is 2.92 bits per heavy atom. The van der Waals surface area contributed by atoms with Crippen molar-refractivity contribution in [3.05, 3.63) is 69.7 Å². The lowest BCUT2D eigenvalue weighted by Crippen LogP contribution is -2.27. The Morgan fingerprint density at radius 2 is 2.15 bits per heavy atom. The SMILES string of the molecule is CCn1nccc1C(C)NC(=O)c1cc(COc2ccccc2C)cs1. The van der Waals surface area contributed by atoms with Crippen molar-refractivity contribution in [2.24, 2.45) is 0 Å². The summed E-state index contributed by atoms with van der Waals surface area (Å²) < 4.78 is 7.74. The zero-order chi connectivity index (χ0) is 18.5. The largest absolute Gasteiger partial charge is 0.489 e. The average molecular weight is 369 g/mol. The van der Waals surface area contributed by atoms with Crippen LogP contribution >= 0.6 is 11.3 Å². The van der Waals surface area contributed by atoms with Crippen molar-refractivity contribution in [2.45, 2.75) is 40.0 Å². The molecule has 1 amide bonds. The first kappa shape index (κ1) is 18.2. The maximum absolute atomic E-state index is 12.5. The Balaban J connectivity index is 1.60. The second-order valence-corrected chi connectivity index (χ2v) is 7.05. The van der Waals surface area contributed by atoms with Crippen LogP contribution in [0.1, 0.15) is 46.4 Å². The first-order chi connectivity index (χ1) is 12.6. The summed E-state index contributed by atoms with van der Waals surface area (Å²) >= 11 is 1.43. The number of aryl methyl sites for hydroxylation is 2. The highest BCUT2D eigenvalue weighted by atomic mass is 32.1. The minimum absolute atomic E-state index is 0.0755. The van der Waals surface area contributed by atoms with Crippen molar-refractivity contribution < 1.29 is 9.53 Å². The Morgan fingerprint density at radius 1 is 1.35 bits per heavy atom. The van der Waals surface area contributed by atoms with E-state index < -0.39 is 0 Å². The lowest BCUT2D eigenvalue weighted by atomic mass is 10.2. The smallest absolute Gasteiger partial charge is 0.261 e. The number of hydrogen-bond acceptors (Lipinski definition) is 4. The van der Waals surface area contributed by atoms with E-state index in [0.717, 1.165) is 29.1 Å². The molecular formula is C20H23N3O2S. The van der Waals surface area contributed by atoms with Gasteiger partial charge in [0.2, 0.25) is 0 Å². The second-order valence-electron chi connectivity index (χ2n) is 6.14. The van der Waals surface area contributed by atoms with Crippen molar-refractivity contribution in [1.29, 1.82) is 0 Å². The molecule has 0 saturated heterocycles. The fourth-order valence-corrected chi connectivity index (χ4v) is 3.57. The number of rotatable bonds is 7. The monoisotopic (exact) mass is 369 g/mol. The van der Waals surface area contributed by atoms with E-state index in [4.69, 9.17) is 4.74 Å². The predicted octanol–water partition coefficient (Wildman–Crippen LogP) is 4.34. The van der Waals surface area contributed by atoms with E-state index in [0.29, 0.717) is 11.5 Å². The van der Waals surface area contributed by atoms with Crippen LogP contribution in [0.3, 0.4) is 0 Å². The fraction of sp³-hybridized carbons (Fsp3) is 0.300. The number of carbonyl (C=O) groups excluding carboxylic acids is 1. The molecule has 0 spiro atoms. The quantitative estimate of drug-likeness (QED) is 0.674. The van der Waals surface area contributed by atoms with Gasteiger partial charge in [0.15, 0.2) is 0 Å². The van der Waals surface area contributed by atoms with Crippen LogP contribution < -0.4 is 10.1 Å². The van der Waals surface area contributed by atoms with Crippen LogP contribution in [0.15, 0.2) is 48.0 Å². The third kappa shape index (κ3) is 4.14. The lowest BCUT2D eigenvalue weighted by molar-refractivity contribution is 0.0942. The molecule has 136 valence electrons. The van der Waals surface area contributed by atoms with Gasteiger partial charge in [-0.1, -0.05) is 18.2 Å². The second kappa shape index (κ2) is 8.19. The highest BCUT2D eigenvalue weighted by Gasteiger charge is 2.16. The number of ether oxygens (including phenoxy) is 1. The summed E-state index contributed by atoms with van der Waals surface area (Å²) in [5.41, 5.74) is 3.09. The highest BCUT2D eigenvalue weighted by molar-refractivity contribution is 7.12. The van der Waals surface area contributed by atoms with Gasteiger partial charge in [0.05, 0.1) is 16.6 Å². The zero-order valence-electron chi connectivity index (χ0n) is 15.2. The highest BCUT2D eigenvalue weighted by Crippen LogP contribution is 2.21. The van der Waals surface area contributed by atoms with Gasteiger partial charge in [0, 0.05) is 18.3 Å². The number of nitrogens with one attached hydrogen (secondary N) is 1. The van der Waals surface area contributed by atoms with Gasteiger partial charge in [-0.15, -0.1) is 11.3 Å². The molecule has 2 heterocycles. The van der Waals surface area contributed by atoms with Crippen LogP contribution in [0.5, 0.6) is 5.75 Å². The molecule has 1 aromatic carbocycles. The van der Waals surface area contributed by atoms with Crippen molar-refractivity contribution >= 4 is 17.2 Å². The normalized spacial score (nSPS) is 12.0. The van der Waals surface area contributed by atoms with E-state index in [1.54, 1.807) is 6.20 Å². The molecule has 0 radical (unpaired) electrons. The molecule has 0 aliphatic heterocycles. The first-order valence-corrected chi connectivity index (χ1v) is 9.55. The van der Waals surface area contributed by atoms with Gasteiger partial charge in [0.1, 0.15) is 12.4 Å². The number of aromatic nitrogens is 2. The topological polar surface area (TPSA) is 56.2 Å². The Kier molecular flexibility index (Phi) is 5.73. The minimum Gasteiger partial charge on any atom is -0.489 e. The number of amides is 1. The van der Waals surface area contributed by atoms with Gasteiger partial charge in [-0.2, -0.15) is 5.10 Å². The summed E-state index contributed by atoms with van der Waals surface area (Å²) in [7, 11) is 0. The van der Waals surface area contributed by atoms with Crippen LogP contribution in [0, 0.1) is 6.92 Å².